The van der Waals surface area contributed by atoms with Crippen molar-refractivity contribution in [2.45, 2.75) is 259 Å². The Morgan fingerprint density at radius 1 is 0.590 bits per heavy atom. The van der Waals surface area contributed by atoms with Crippen molar-refractivity contribution < 1.29 is 38.1 Å². The van der Waals surface area contributed by atoms with Gasteiger partial charge in [-0.25, -0.2) is 4.79 Å². The van der Waals surface area contributed by atoms with Gasteiger partial charge < -0.3 is 18.9 Å². The maximum absolute atomic E-state index is 13.4. The molecule has 9 nitrogen and oxygen atoms in total. The molecule has 1 rings (SSSR count). The predicted molar refractivity (Wildman–Crippen MR) is 250 cm³/mol. The molecule has 0 unspecified atom stereocenters. The number of hydrogen-bond donors (Lipinski definition) is 0. The SMILES string of the molecule is C=CC(=O)O[C@H]1C[C@@H](C(=O)OCCCCCCC(C)(C)C(=O)OC(CCCCCCC)CCCCCCC)N(CCCCC(C)(C)C(=O)OCCCCCCCCCCC)C1. The molecular formula is C52H95NO8. The summed E-state index contributed by atoms with van der Waals surface area (Å²) in [6.07, 6.45) is 32.9. The van der Waals surface area contributed by atoms with E-state index in [1.807, 2.05) is 27.7 Å². The summed E-state index contributed by atoms with van der Waals surface area (Å²) in [5, 5.41) is 0. The van der Waals surface area contributed by atoms with Crippen molar-refractivity contribution >= 4 is 23.9 Å². The highest BCUT2D eigenvalue weighted by Gasteiger charge is 2.39. The van der Waals surface area contributed by atoms with E-state index in [1.54, 1.807) is 0 Å². The highest BCUT2D eigenvalue weighted by atomic mass is 16.6. The largest absolute Gasteiger partial charge is 0.465 e. The van der Waals surface area contributed by atoms with Crippen LogP contribution in [0.2, 0.25) is 0 Å². The van der Waals surface area contributed by atoms with Crippen molar-refractivity contribution in [1.82, 2.24) is 4.90 Å². The number of ether oxygens (including phenoxy) is 4. The molecule has 356 valence electrons. The number of unbranched alkanes of at least 4 members (excludes halogenated alkanes) is 20. The summed E-state index contributed by atoms with van der Waals surface area (Å²) in [5.74, 6) is -0.995. The quantitative estimate of drug-likeness (QED) is 0.0257. The summed E-state index contributed by atoms with van der Waals surface area (Å²) < 4.78 is 23.2. The second-order valence-electron chi connectivity index (χ2n) is 19.5. The predicted octanol–water partition coefficient (Wildman–Crippen LogP) is 13.6. The van der Waals surface area contributed by atoms with E-state index in [-0.39, 0.29) is 24.0 Å². The third-order valence-electron chi connectivity index (χ3n) is 12.6. The molecule has 2 atom stereocenters. The van der Waals surface area contributed by atoms with Crippen molar-refractivity contribution in [1.29, 1.82) is 0 Å². The lowest BCUT2D eigenvalue weighted by Gasteiger charge is -2.27. The second kappa shape index (κ2) is 35.0. The van der Waals surface area contributed by atoms with Gasteiger partial charge >= 0.3 is 23.9 Å². The molecule has 0 amide bonds. The molecule has 0 N–H and O–H groups in total. The van der Waals surface area contributed by atoms with Gasteiger partial charge in [-0.3, -0.25) is 19.3 Å². The number of nitrogens with zero attached hydrogens (tertiary/aromatic N) is 1. The summed E-state index contributed by atoms with van der Waals surface area (Å²) in [5.41, 5.74) is -1.11. The standard InChI is InChI=1S/C52H95NO8/c1-9-13-16-19-20-21-22-26-34-41-59-49(56)51(5,6)38-31-32-39-53-43-45(60-47(54)12-4)42-46(53)48(55)58-40-33-27-25-30-37-52(7,8)50(57)61-44(35-28-23-17-14-10-2)36-29-24-18-15-11-3/h12,44-46H,4,9-11,13-43H2,1-3,5-8H3/t45-,46-/m0/s1. The lowest BCUT2D eigenvalue weighted by Crippen LogP contribution is -2.38. The van der Waals surface area contributed by atoms with Crippen LogP contribution in [0.25, 0.3) is 0 Å². The van der Waals surface area contributed by atoms with Gasteiger partial charge in [-0.2, -0.15) is 0 Å². The van der Waals surface area contributed by atoms with Crippen LogP contribution in [0.1, 0.15) is 241 Å². The van der Waals surface area contributed by atoms with Gasteiger partial charge in [-0.15, -0.1) is 0 Å². The Kier molecular flexibility index (Phi) is 32.5. The summed E-state index contributed by atoms with van der Waals surface area (Å²) in [6, 6.07) is -0.486. The first kappa shape index (κ1) is 56.6. The highest BCUT2D eigenvalue weighted by Crippen LogP contribution is 2.30. The van der Waals surface area contributed by atoms with Gasteiger partial charge in [0.15, 0.2) is 0 Å². The summed E-state index contributed by atoms with van der Waals surface area (Å²) >= 11 is 0. The van der Waals surface area contributed by atoms with Crippen molar-refractivity contribution in [3.8, 4) is 0 Å². The molecule has 1 aliphatic rings. The van der Waals surface area contributed by atoms with E-state index in [2.05, 4.69) is 32.3 Å². The van der Waals surface area contributed by atoms with Gasteiger partial charge in [0.25, 0.3) is 0 Å². The lowest BCUT2D eigenvalue weighted by molar-refractivity contribution is -0.161. The van der Waals surface area contributed by atoms with Gasteiger partial charge in [-0.1, -0.05) is 156 Å². The average molecular weight is 862 g/mol. The molecule has 0 radical (unpaired) electrons. The molecule has 9 heteroatoms. The maximum atomic E-state index is 13.4. The summed E-state index contributed by atoms with van der Waals surface area (Å²) in [6.45, 7) is 20.1. The molecule has 0 saturated carbocycles. The van der Waals surface area contributed by atoms with E-state index >= 15 is 0 Å². The van der Waals surface area contributed by atoms with Crippen molar-refractivity contribution in [3.63, 3.8) is 0 Å². The van der Waals surface area contributed by atoms with E-state index < -0.39 is 28.9 Å². The Morgan fingerprint density at radius 3 is 1.56 bits per heavy atom. The van der Waals surface area contributed by atoms with Crippen LogP contribution >= 0.6 is 0 Å². The molecular weight excluding hydrogens is 767 g/mol. The van der Waals surface area contributed by atoms with Gasteiger partial charge in [0.05, 0.1) is 24.0 Å². The van der Waals surface area contributed by atoms with Crippen molar-refractivity contribution in [3.05, 3.63) is 12.7 Å². The Hall–Kier alpha value is -2.42. The number of likely N-dealkylation sites (tertiary alicyclic amines) is 1. The highest BCUT2D eigenvalue weighted by molar-refractivity contribution is 5.81. The van der Waals surface area contributed by atoms with E-state index in [1.165, 1.54) is 96.3 Å². The number of hydrogen-bond acceptors (Lipinski definition) is 9. The molecule has 0 aliphatic carbocycles. The zero-order chi connectivity index (χ0) is 45.2. The van der Waals surface area contributed by atoms with Crippen LogP contribution in [-0.2, 0) is 38.1 Å². The molecule has 0 bridgehead atoms. The van der Waals surface area contributed by atoms with Crippen LogP contribution in [0.3, 0.4) is 0 Å². The Labute approximate surface area is 375 Å². The molecule has 1 aliphatic heterocycles. The van der Waals surface area contributed by atoms with Crippen LogP contribution in [0.5, 0.6) is 0 Å². The topological polar surface area (TPSA) is 108 Å². The monoisotopic (exact) mass is 862 g/mol. The van der Waals surface area contributed by atoms with Crippen LogP contribution < -0.4 is 0 Å². The molecule has 0 spiro atoms. The van der Waals surface area contributed by atoms with Crippen LogP contribution in [-0.4, -0.2) is 73.3 Å². The molecule has 1 saturated heterocycles. The molecule has 1 heterocycles. The Bertz CT molecular complexity index is 1150. The van der Waals surface area contributed by atoms with E-state index in [9.17, 15) is 19.2 Å². The fraction of sp³-hybridized carbons (Fsp3) is 0.885. The third-order valence-corrected chi connectivity index (χ3v) is 12.6. The van der Waals surface area contributed by atoms with E-state index in [0.717, 1.165) is 89.5 Å². The van der Waals surface area contributed by atoms with Crippen molar-refractivity contribution in [2.24, 2.45) is 10.8 Å². The lowest BCUT2D eigenvalue weighted by atomic mass is 9.86. The van der Waals surface area contributed by atoms with E-state index in [0.29, 0.717) is 39.1 Å². The summed E-state index contributed by atoms with van der Waals surface area (Å²) in [7, 11) is 0. The van der Waals surface area contributed by atoms with Crippen LogP contribution in [0, 0.1) is 10.8 Å². The normalized spacial score (nSPS) is 15.9. The number of esters is 4. The number of carbonyl (C=O) groups excluding carboxylic acids is 4. The van der Waals surface area contributed by atoms with Gasteiger partial charge in [0.2, 0.25) is 0 Å². The minimum atomic E-state index is -0.576. The van der Waals surface area contributed by atoms with Crippen molar-refractivity contribution in [2.75, 3.05) is 26.3 Å². The van der Waals surface area contributed by atoms with E-state index in [4.69, 9.17) is 18.9 Å². The number of carbonyl (C=O) groups is 4. The minimum absolute atomic E-state index is 0.0201. The molecule has 0 aromatic heterocycles. The Balaban J connectivity index is 2.47. The minimum Gasteiger partial charge on any atom is -0.465 e. The fourth-order valence-corrected chi connectivity index (χ4v) is 8.33. The van der Waals surface area contributed by atoms with Gasteiger partial charge in [0, 0.05) is 19.0 Å². The molecule has 1 fully saturated rings. The third kappa shape index (κ3) is 27.4. The Morgan fingerprint density at radius 2 is 1.03 bits per heavy atom. The first-order chi connectivity index (χ1) is 29.3. The van der Waals surface area contributed by atoms with Crippen LogP contribution in [0.4, 0.5) is 0 Å². The second-order valence-corrected chi connectivity index (χ2v) is 19.5. The fourth-order valence-electron chi connectivity index (χ4n) is 8.33. The molecule has 0 aromatic rings. The first-order valence-corrected chi connectivity index (χ1v) is 25.4. The summed E-state index contributed by atoms with van der Waals surface area (Å²) in [4.78, 5) is 53.6. The molecule has 61 heavy (non-hydrogen) atoms. The maximum Gasteiger partial charge on any atom is 0.330 e. The number of rotatable bonds is 40. The van der Waals surface area contributed by atoms with Crippen LogP contribution in [0.15, 0.2) is 12.7 Å². The average Bonchev–Trinajstić information content (AvgIpc) is 3.64. The van der Waals surface area contributed by atoms with Gasteiger partial charge in [-0.05, 0) is 92.0 Å². The zero-order valence-corrected chi connectivity index (χ0v) is 40.8. The van der Waals surface area contributed by atoms with Gasteiger partial charge in [0.1, 0.15) is 18.2 Å². The molecule has 0 aromatic carbocycles. The smallest absolute Gasteiger partial charge is 0.330 e. The zero-order valence-electron chi connectivity index (χ0n) is 40.8. The first-order valence-electron chi connectivity index (χ1n) is 25.4.